The summed E-state index contributed by atoms with van der Waals surface area (Å²) in [6.07, 6.45) is -4.52. The van der Waals surface area contributed by atoms with E-state index in [1.807, 2.05) is 0 Å². The van der Waals surface area contributed by atoms with Crippen molar-refractivity contribution < 1.29 is 22.7 Å². The number of Topliss-reactive ketones (excluding diaryl/α,β-unsaturated/α-hetero) is 1. The van der Waals surface area contributed by atoms with E-state index in [2.05, 4.69) is 4.98 Å². The van der Waals surface area contributed by atoms with Crippen LogP contribution in [-0.2, 0) is 10.9 Å². The Balaban J connectivity index is 2.82. The third-order valence-electron chi connectivity index (χ3n) is 2.12. The summed E-state index contributed by atoms with van der Waals surface area (Å²) in [6.45, 7) is 2.44. The molecule has 0 saturated heterocycles. The molecule has 3 nitrogen and oxygen atoms in total. The molecule has 0 N–H and O–H groups in total. The minimum atomic E-state index is -4.57. The number of pyridine rings is 1. The number of nitrogens with zero attached hydrogens (tertiary/aromatic N) is 1. The summed E-state index contributed by atoms with van der Waals surface area (Å²) in [5.41, 5.74) is -1.14. The summed E-state index contributed by atoms with van der Waals surface area (Å²) in [4.78, 5) is 14.8. The van der Waals surface area contributed by atoms with Crippen LogP contribution in [0.5, 0.6) is 0 Å². The average molecular weight is 282 g/mol. The van der Waals surface area contributed by atoms with Crippen LogP contribution in [0.4, 0.5) is 13.2 Å². The highest BCUT2D eigenvalue weighted by molar-refractivity contribution is 6.32. The molecule has 0 aromatic carbocycles. The molecule has 0 fully saturated rings. The predicted molar refractivity (Wildman–Crippen MR) is 59.7 cm³/mol. The fourth-order valence-electron chi connectivity index (χ4n) is 1.24. The van der Waals surface area contributed by atoms with Crippen LogP contribution in [0.15, 0.2) is 12.1 Å². The van der Waals surface area contributed by atoms with Crippen molar-refractivity contribution in [2.45, 2.75) is 19.5 Å². The van der Waals surface area contributed by atoms with Crippen LogP contribution < -0.4 is 0 Å². The third kappa shape index (κ3) is 3.96. The molecule has 1 heterocycles. The Hall–Kier alpha value is -1.14. The second-order valence-electron chi connectivity index (χ2n) is 3.40. The number of ketones is 1. The minimum absolute atomic E-state index is 0.0237. The lowest BCUT2D eigenvalue weighted by molar-refractivity contribution is -0.141. The molecule has 0 aliphatic carbocycles. The van der Waals surface area contributed by atoms with Crippen molar-refractivity contribution in [2.75, 3.05) is 13.2 Å². The van der Waals surface area contributed by atoms with Gasteiger partial charge in [0, 0.05) is 13.0 Å². The van der Waals surface area contributed by atoms with Gasteiger partial charge in [0.25, 0.3) is 0 Å². The van der Waals surface area contributed by atoms with Gasteiger partial charge in [0.2, 0.25) is 0 Å². The van der Waals surface area contributed by atoms with Gasteiger partial charge in [-0.2, -0.15) is 13.2 Å². The van der Waals surface area contributed by atoms with E-state index in [9.17, 15) is 18.0 Å². The highest BCUT2D eigenvalue weighted by Gasteiger charge is 2.33. The maximum atomic E-state index is 12.3. The number of ether oxygens (including phenoxy) is 1. The van der Waals surface area contributed by atoms with Crippen LogP contribution in [0.1, 0.15) is 29.4 Å². The Morgan fingerprint density at radius 3 is 2.61 bits per heavy atom. The first-order chi connectivity index (χ1) is 8.36. The number of aromatic nitrogens is 1. The molecule has 0 unspecified atom stereocenters. The molecule has 0 aliphatic heterocycles. The maximum absolute atomic E-state index is 12.3. The first kappa shape index (κ1) is 14.9. The van der Waals surface area contributed by atoms with Gasteiger partial charge in [0.1, 0.15) is 10.8 Å². The molecule has 1 aromatic rings. The number of carbonyl (C=O) groups excluding carboxylic acids is 1. The zero-order valence-electron chi connectivity index (χ0n) is 9.55. The number of rotatable bonds is 5. The van der Waals surface area contributed by atoms with Crippen molar-refractivity contribution in [3.63, 3.8) is 0 Å². The Morgan fingerprint density at radius 2 is 2.11 bits per heavy atom. The second-order valence-corrected chi connectivity index (χ2v) is 3.76. The first-order valence-corrected chi connectivity index (χ1v) is 5.58. The smallest absolute Gasteiger partial charge is 0.381 e. The summed E-state index contributed by atoms with van der Waals surface area (Å²) in [7, 11) is 0. The van der Waals surface area contributed by atoms with E-state index in [-0.39, 0.29) is 18.6 Å². The average Bonchev–Trinajstić information content (AvgIpc) is 2.27. The van der Waals surface area contributed by atoms with E-state index in [0.717, 1.165) is 12.1 Å². The molecule has 0 amide bonds. The minimum Gasteiger partial charge on any atom is -0.381 e. The molecular formula is C11H11ClF3NO2. The van der Waals surface area contributed by atoms with E-state index in [4.69, 9.17) is 16.3 Å². The standard InChI is InChI=1S/C11H11ClF3NO2/c1-2-18-6-5-8(17)7-3-4-9(11(13,14)15)16-10(7)12/h3-4H,2,5-6H2,1H3. The van der Waals surface area contributed by atoms with Crippen molar-refractivity contribution in [3.05, 3.63) is 28.5 Å². The Bertz CT molecular complexity index is 435. The van der Waals surface area contributed by atoms with Gasteiger partial charge in [0.15, 0.2) is 5.78 Å². The SMILES string of the molecule is CCOCCC(=O)c1ccc(C(F)(F)F)nc1Cl. The molecule has 0 aliphatic rings. The monoisotopic (exact) mass is 281 g/mol. The van der Waals surface area contributed by atoms with Gasteiger partial charge < -0.3 is 4.74 Å². The number of halogens is 4. The highest BCUT2D eigenvalue weighted by Crippen LogP contribution is 2.29. The molecule has 1 aromatic heterocycles. The highest BCUT2D eigenvalue weighted by atomic mass is 35.5. The zero-order chi connectivity index (χ0) is 13.8. The lowest BCUT2D eigenvalue weighted by Gasteiger charge is -2.08. The van der Waals surface area contributed by atoms with Crippen molar-refractivity contribution in [2.24, 2.45) is 0 Å². The number of alkyl halides is 3. The van der Waals surface area contributed by atoms with Crippen molar-refractivity contribution >= 4 is 17.4 Å². The second kappa shape index (κ2) is 6.15. The molecule has 0 radical (unpaired) electrons. The van der Waals surface area contributed by atoms with Gasteiger partial charge in [-0.3, -0.25) is 4.79 Å². The van der Waals surface area contributed by atoms with Crippen LogP contribution in [0, 0.1) is 0 Å². The molecular weight excluding hydrogens is 271 g/mol. The molecule has 0 spiro atoms. The van der Waals surface area contributed by atoms with Gasteiger partial charge in [-0.15, -0.1) is 0 Å². The molecule has 7 heteroatoms. The lowest BCUT2D eigenvalue weighted by Crippen LogP contribution is -2.11. The van der Waals surface area contributed by atoms with E-state index in [1.54, 1.807) is 6.92 Å². The largest absolute Gasteiger partial charge is 0.433 e. The van der Waals surface area contributed by atoms with E-state index < -0.39 is 22.8 Å². The van der Waals surface area contributed by atoms with Gasteiger partial charge in [0.05, 0.1) is 12.2 Å². The van der Waals surface area contributed by atoms with Gasteiger partial charge >= 0.3 is 6.18 Å². The van der Waals surface area contributed by atoms with Crippen LogP contribution in [0.3, 0.4) is 0 Å². The van der Waals surface area contributed by atoms with E-state index in [1.165, 1.54) is 0 Å². The molecule has 100 valence electrons. The summed E-state index contributed by atoms with van der Waals surface area (Å²) >= 11 is 5.57. The normalized spacial score (nSPS) is 11.6. The van der Waals surface area contributed by atoms with Crippen molar-refractivity contribution in [3.8, 4) is 0 Å². The van der Waals surface area contributed by atoms with Crippen molar-refractivity contribution in [1.82, 2.24) is 4.98 Å². The van der Waals surface area contributed by atoms with Crippen LogP contribution in [0.2, 0.25) is 5.15 Å². The molecule has 0 atom stereocenters. The van der Waals surface area contributed by atoms with E-state index >= 15 is 0 Å². The molecule has 1 rings (SSSR count). The number of hydrogen-bond acceptors (Lipinski definition) is 3. The quantitative estimate of drug-likeness (QED) is 0.472. The Kier molecular flexibility index (Phi) is 5.10. The van der Waals surface area contributed by atoms with Crippen molar-refractivity contribution in [1.29, 1.82) is 0 Å². The lowest BCUT2D eigenvalue weighted by atomic mass is 10.1. The zero-order valence-corrected chi connectivity index (χ0v) is 10.3. The van der Waals surface area contributed by atoms with Crippen LogP contribution in [0.25, 0.3) is 0 Å². The summed E-state index contributed by atoms with van der Waals surface area (Å²) in [5.74, 6) is -0.394. The number of carbonyl (C=O) groups is 1. The van der Waals surface area contributed by atoms with Crippen LogP contribution >= 0.6 is 11.6 Å². The molecule has 18 heavy (non-hydrogen) atoms. The number of hydrogen-bond donors (Lipinski definition) is 0. The van der Waals surface area contributed by atoms with Gasteiger partial charge in [-0.25, -0.2) is 4.98 Å². The van der Waals surface area contributed by atoms with E-state index in [0.29, 0.717) is 6.61 Å². The molecule has 0 bridgehead atoms. The van der Waals surface area contributed by atoms with Crippen LogP contribution in [-0.4, -0.2) is 24.0 Å². The third-order valence-corrected chi connectivity index (χ3v) is 2.41. The van der Waals surface area contributed by atoms with Gasteiger partial charge in [-0.05, 0) is 19.1 Å². The molecule has 0 saturated carbocycles. The predicted octanol–water partition coefficient (Wildman–Crippen LogP) is 3.36. The fraction of sp³-hybridized carbons (Fsp3) is 0.455. The Morgan fingerprint density at radius 1 is 1.44 bits per heavy atom. The van der Waals surface area contributed by atoms with Gasteiger partial charge in [-0.1, -0.05) is 11.6 Å². The first-order valence-electron chi connectivity index (χ1n) is 5.21. The Labute approximate surface area is 107 Å². The fourth-order valence-corrected chi connectivity index (χ4v) is 1.50. The summed E-state index contributed by atoms with van der Waals surface area (Å²) in [5, 5.41) is -0.439. The topological polar surface area (TPSA) is 39.2 Å². The maximum Gasteiger partial charge on any atom is 0.433 e. The summed E-state index contributed by atoms with van der Waals surface area (Å²) in [6, 6.07) is 1.77. The summed E-state index contributed by atoms with van der Waals surface area (Å²) < 4.78 is 41.9.